The minimum absolute atomic E-state index is 0.156. The van der Waals surface area contributed by atoms with E-state index in [0.717, 1.165) is 6.54 Å². The van der Waals surface area contributed by atoms with Crippen LogP contribution >= 0.6 is 0 Å². The summed E-state index contributed by atoms with van der Waals surface area (Å²) in [6.45, 7) is 3.26. The Hall–Kier alpha value is -1.36. The monoisotopic (exact) mass is 197 g/mol. The van der Waals surface area contributed by atoms with Crippen molar-refractivity contribution in [2.24, 2.45) is 0 Å². The van der Waals surface area contributed by atoms with Crippen LogP contribution in [0.5, 0.6) is 0 Å². The van der Waals surface area contributed by atoms with Crippen LogP contribution in [0, 0.1) is 0 Å². The summed E-state index contributed by atoms with van der Waals surface area (Å²) >= 11 is 0. The maximum Gasteiger partial charge on any atom is 0.304 e. The number of nitrogens with one attached hydrogen (secondary N) is 1. The summed E-state index contributed by atoms with van der Waals surface area (Å²) in [6.07, 6.45) is 3.77. The molecule has 0 aliphatic rings. The number of aliphatic carboxylic acids is 1. The summed E-state index contributed by atoms with van der Waals surface area (Å²) < 4.78 is 1.82. The molecule has 0 aromatic carbocycles. The second-order valence-electron chi connectivity index (χ2n) is 3.23. The normalized spacial score (nSPS) is 12.6. The molecule has 78 valence electrons. The summed E-state index contributed by atoms with van der Waals surface area (Å²) in [6, 6.07) is 2.10. The van der Waals surface area contributed by atoms with E-state index in [0.29, 0.717) is 6.54 Å². The second-order valence-corrected chi connectivity index (χ2v) is 3.23. The van der Waals surface area contributed by atoms with Gasteiger partial charge in [0.15, 0.2) is 0 Å². The van der Waals surface area contributed by atoms with Crippen LogP contribution in [0.1, 0.15) is 13.3 Å². The zero-order chi connectivity index (χ0) is 10.4. The zero-order valence-corrected chi connectivity index (χ0v) is 8.18. The average Bonchev–Trinajstić information content (AvgIpc) is 2.56. The van der Waals surface area contributed by atoms with Gasteiger partial charge < -0.3 is 10.4 Å². The molecule has 0 fully saturated rings. The molecule has 1 heterocycles. The fraction of sp³-hybridized carbons (Fsp3) is 0.556. The first-order chi connectivity index (χ1) is 6.68. The quantitative estimate of drug-likeness (QED) is 0.690. The fourth-order valence-corrected chi connectivity index (χ4v) is 1.18. The lowest BCUT2D eigenvalue weighted by molar-refractivity contribution is -0.136. The number of hydrogen-bond acceptors (Lipinski definition) is 3. The van der Waals surface area contributed by atoms with E-state index >= 15 is 0 Å². The molecule has 0 bridgehead atoms. The summed E-state index contributed by atoms with van der Waals surface area (Å²) in [5.41, 5.74) is 0. The lowest BCUT2D eigenvalue weighted by atomic mass is 10.3. The molecule has 0 saturated carbocycles. The predicted molar refractivity (Wildman–Crippen MR) is 51.9 cm³/mol. The smallest absolute Gasteiger partial charge is 0.304 e. The van der Waals surface area contributed by atoms with Gasteiger partial charge in [-0.05, 0) is 13.0 Å². The largest absolute Gasteiger partial charge is 0.481 e. The molecule has 2 N–H and O–H groups in total. The Morgan fingerprint density at radius 1 is 1.71 bits per heavy atom. The second kappa shape index (κ2) is 5.39. The maximum atomic E-state index is 10.2. The van der Waals surface area contributed by atoms with Gasteiger partial charge in [-0.25, -0.2) is 0 Å². The summed E-state index contributed by atoms with van der Waals surface area (Å²) in [4.78, 5) is 10.2. The number of carbonyl (C=O) groups is 1. The number of aromatic nitrogens is 2. The third-order valence-electron chi connectivity index (χ3n) is 1.85. The van der Waals surface area contributed by atoms with Crippen molar-refractivity contribution in [1.82, 2.24) is 15.1 Å². The molecular formula is C9H15N3O2. The summed E-state index contributed by atoms with van der Waals surface area (Å²) in [5.74, 6) is -0.774. The Kier molecular flexibility index (Phi) is 4.12. The van der Waals surface area contributed by atoms with E-state index in [1.165, 1.54) is 0 Å². The standard InChI is InChI=1S/C9H15N3O2/c1-8(10-5-3-9(13)14)7-12-6-2-4-11-12/h2,4,6,8,10H,3,5,7H2,1H3,(H,13,14). The maximum absolute atomic E-state index is 10.2. The summed E-state index contributed by atoms with van der Waals surface area (Å²) in [5, 5.41) is 15.6. The average molecular weight is 197 g/mol. The topological polar surface area (TPSA) is 67.2 Å². The predicted octanol–water partition coefficient (Wildman–Crippen LogP) is 0.336. The molecule has 0 aliphatic heterocycles. The molecule has 1 unspecified atom stereocenters. The molecule has 1 aromatic heterocycles. The van der Waals surface area contributed by atoms with E-state index in [4.69, 9.17) is 5.11 Å². The van der Waals surface area contributed by atoms with Crippen molar-refractivity contribution in [1.29, 1.82) is 0 Å². The molecule has 0 saturated heterocycles. The van der Waals surface area contributed by atoms with Gasteiger partial charge >= 0.3 is 5.97 Å². The lowest BCUT2D eigenvalue weighted by Crippen LogP contribution is -2.32. The Balaban J connectivity index is 2.16. The van der Waals surface area contributed by atoms with Gasteiger partial charge in [-0.3, -0.25) is 9.48 Å². The van der Waals surface area contributed by atoms with Crippen molar-refractivity contribution < 1.29 is 9.90 Å². The first-order valence-electron chi connectivity index (χ1n) is 4.61. The first kappa shape index (κ1) is 10.7. The van der Waals surface area contributed by atoms with Crippen LogP contribution < -0.4 is 5.32 Å². The van der Waals surface area contributed by atoms with Crippen molar-refractivity contribution in [3.63, 3.8) is 0 Å². The van der Waals surface area contributed by atoms with E-state index < -0.39 is 5.97 Å². The van der Waals surface area contributed by atoms with Crippen molar-refractivity contribution in [2.75, 3.05) is 6.54 Å². The van der Waals surface area contributed by atoms with E-state index in [9.17, 15) is 4.79 Å². The highest BCUT2D eigenvalue weighted by Gasteiger charge is 2.03. The molecule has 14 heavy (non-hydrogen) atoms. The Morgan fingerprint density at radius 3 is 3.07 bits per heavy atom. The van der Waals surface area contributed by atoms with Crippen LogP contribution in [0.25, 0.3) is 0 Å². The molecule has 5 nitrogen and oxygen atoms in total. The number of hydrogen-bond donors (Lipinski definition) is 2. The molecule has 0 amide bonds. The highest BCUT2D eigenvalue weighted by molar-refractivity contribution is 5.66. The van der Waals surface area contributed by atoms with Crippen molar-refractivity contribution in [2.45, 2.75) is 25.9 Å². The van der Waals surface area contributed by atoms with Gasteiger partial charge in [0.2, 0.25) is 0 Å². The Morgan fingerprint density at radius 2 is 2.50 bits per heavy atom. The Labute approximate surface area is 82.7 Å². The van der Waals surface area contributed by atoms with Crippen molar-refractivity contribution >= 4 is 5.97 Å². The Bertz CT molecular complexity index is 272. The number of rotatable bonds is 6. The van der Waals surface area contributed by atoms with Crippen molar-refractivity contribution in [3.05, 3.63) is 18.5 Å². The van der Waals surface area contributed by atoms with Crippen LogP contribution in [0.15, 0.2) is 18.5 Å². The molecule has 5 heteroatoms. The molecule has 1 rings (SSSR count). The van der Waals surface area contributed by atoms with Gasteiger partial charge in [0.25, 0.3) is 0 Å². The van der Waals surface area contributed by atoms with Crippen LogP contribution in [0.2, 0.25) is 0 Å². The molecular weight excluding hydrogens is 182 g/mol. The van der Waals surface area contributed by atoms with Gasteiger partial charge in [-0.15, -0.1) is 0 Å². The van der Waals surface area contributed by atoms with E-state index in [1.54, 1.807) is 6.20 Å². The van der Waals surface area contributed by atoms with Gasteiger partial charge in [0, 0.05) is 25.0 Å². The lowest BCUT2D eigenvalue weighted by Gasteiger charge is -2.12. The molecule has 0 spiro atoms. The summed E-state index contributed by atoms with van der Waals surface area (Å²) in [7, 11) is 0. The van der Waals surface area contributed by atoms with Crippen molar-refractivity contribution in [3.8, 4) is 0 Å². The highest BCUT2D eigenvalue weighted by Crippen LogP contribution is 1.90. The van der Waals surface area contributed by atoms with E-state index in [2.05, 4.69) is 10.4 Å². The fourth-order valence-electron chi connectivity index (χ4n) is 1.18. The van der Waals surface area contributed by atoms with Gasteiger partial charge in [-0.1, -0.05) is 0 Å². The number of carboxylic acids is 1. The number of carboxylic acid groups (broad SMARTS) is 1. The highest BCUT2D eigenvalue weighted by atomic mass is 16.4. The third-order valence-corrected chi connectivity index (χ3v) is 1.85. The van der Waals surface area contributed by atoms with Crippen LogP contribution in [-0.4, -0.2) is 33.4 Å². The van der Waals surface area contributed by atoms with Gasteiger partial charge in [0.1, 0.15) is 0 Å². The van der Waals surface area contributed by atoms with E-state index in [1.807, 2.05) is 23.9 Å². The van der Waals surface area contributed by atoms with Crippen LogP contribution in [0.3, 0.4) is 0 Å². The SMILES string of the molecule is CC(Cn1cccn1)NCCC(=O)O. The first-order valence-corrected chi connectivity index (χ1v) is 4.61. The van der Waals surface area contributed by atoms with Gasteiger partial charge in [-0.2, -0.15) is 5.10 Å². The molecule has 0 aliphatic carbocycles. The molecule has 1 atom stereocenters. The van der Waals surface area contributed by atoms with Crippen LogP contribution in [-0.2, 0) is 11.3 Å². The molecule has 1 aromatic rings. The van der Waals surface area contributed by atoms with E-state index in [-0.39, 0.29) is 12.5 Å². The van der Waals surface area contributed by atoms with Crippen LogP contribution in [0.4, 0.5) is 0 Å². The minimum atomic E-state index is -0.774. The minimum Gasteiger partial charge on any atom is -0.481 e. The van der Waals surface area contributed by atoms with Gasteiger partial charge in [0.05, 0.1) is 13.0 Å². The number of nitrogens with zero attached hydrogens (tertiary/aromatic N) is 2. The third kappa shape index (κ3) is 4.04. The molecule has 0 radical (unpaired) electrons. The zero-order valence-electron chi connectivity index (χ0n) is 8.18.